The topological polar surface area (TPSA) is 64.8 Å². The summed E-state index contributed by atoms with van der Waals surface area (Å²) >= 11 is 0. The summed E-state index contributed by atoms with van der Waals surface area (Å²) in [6.45, 7) is 6.29. The van der Waals surface area contributed by atoms with Gasteiger partial charge in [-0.1, -0.05) is 0 Å². The highest BCUT2D eigenvalue weighted by Gasteiger charge is 2.08. The van der Waals surface area contributed by atoms with Gasteiger partial charge in [0.25, 0.3) is 0 Å². The van der Waals surface area contributed by atoms with E-state index in [0.717, 1.165) is 5.82 Å². The zero-order valence-electron chi connectivity index (χ0n) is 10.2. The molecule has 1 aromatic heterocycles. The molecule has 0 aliphatic rings. The molecule has 0 unspecified atom stereocenters. The lowest BCUT2D eigenvalue weighted by Crippen LogP contribution is -2.27. The van der Waals surface area contributed by atoms with Gasteiger partial charge in [-0.25, -0.2) is 9.97 Å². The lowest BCUT2D eigenvalue weighted by molar-refractivity contribution is 0.739. The molecule has 1 heterocycles. The molecular formula is C11H17N5. The lowest BCUT2D eigenvalue weighted by atomic mass is 10.3. The fraction of sp³-hybridized carbons (Fsp3) is 0.545. The van der Waals surface area contributed by atoms with Gasteiger partial charge in [-0.15, -0.1) is 0 Å². The van der Waals surface area contributed by atoms with Crippen LogP contribution in [0, 0.1) is 18.3 Å². The molecule has 86 valence electrons. The van der Waals surface area contributed by atoms with E-state index in [4.69, 9.17) is 5.26 Å². The number of nitrogens with one attached hydrogen (secondary N) is 1. The van der Waals surface area contributed by atoms with E-state index in [1.165, 1.54) is 0 Å². The Hall–Kier alpha value is -1.83. The molecular weight excluding hydrogens is 202 g/mol. The molecule has 0 fully saturated rings. The van der Waals surface area contributed by atoms with E-state index in [0.29, 0.717) is 17.7 Å². The Morgan fingerprint density at radius 3 is 2.75 bits per heavy atom. The lowest BCUT2D eigenvalue weighted by Gasteiger charge is -2.23. The Kier molecular flexibility index (Phi) is 4.06. The van der Waals surface area contributed by atoms with Crippen molar-refractivity contribution >= 4 is 11.6 Å². The molecule has 5 nitrogen and oxygen atoms in total. The van der Waals surface area contributed by atoms with Crippen molar-refractivity contribution in [2.75, 3.05) is 23.8 Å². The van der Waals surface area contributed by atoms with Crippen LogP contribution in [0.3, 0.4) is 0 Å². The first-order chi connectivity index (χ1) is 7.54. The number of nitrogens with zero attached hydrogens (tertiary/aromatic N) is 4. The highest BCUT2D eigenvalue weighted by atomic mass is 15.2. The number of anilines is 2. The minimum atomic E-state index is 0.251. The maximum absolute atomic E-state index is 8.50. The van der Waals surface area contributed by atoms with Crippen LogP contribution >= 0.6 is 0 Å². The highest BCUT2D eigenvalue weighted by molar-refractivity contribution is 5.49. The molecule has 0 spiro atoms. The Labute approximate surface area is 96.1 Å². The van der Waals surface area contributed by atoms with E-state index in [2.05, 4.69) is 34.0 Å². The highest BCUT2D eigenvalue weighted by Crippen LogP contribution is 2.16. The van der Waals surface area contributed by atoms with Gasteiger partial charge in [0.1, 0.15) is 24.0 Å². The van der Waals surface area contributed by atoms with Gasteiger partial charge in [-0.3, -0.25) is 0 Å². The minimum Gasteiger partial charge on any atom is -0.357 e. The molecule has 0 atom stereocenters. The smallest absolute Gasteiger partial charge is 0.134 e. The van der Waals surface area contributed by atoms with Crippen molar-refractivity contribution in [3.63, 3.8) is 0 Å². The van der Waals surface area contributed by atoms with Crippen LogP contribution in [0.5, 0.6) is 0 Å². The Morgan fingerprint density at radius 1 is 1.50 bits per heavy atom. The average molecular weight is 219 g/mol. The number of aromatic nitrogens is 2. The van der Waals surface area contributed by atoms with Crippen LogP contribution in [-0.4, -0.2) is 29.6 Å². The van der Waals surface area contributed by atoms with Gasteiger partial charge >= 0.3 is 0 Å². The fourth-order valence-corrected chi connectivity index (χ4v) is 1.22. The Balaban J connectivity index is 2.94. The second-order valence-electron chi connectivity index (χ2n) is 3.87. The predicted molar refractivity (Wildman–Crippen MR) is 64.4 cm³/mol. The van der Waals surface area contributed by atoms with Crippen molar-refractivity contribution in [1.82, 2.24) is 9.97 Å². The summed E-state index contributed by atoms with van der Waals surface area (Å²) in [5, 5.41) is 11.4. The number of nitriles is 1. The molecule has 0 saturated carbocycles. The maximum atomic E-state index is 8.50. The molecule has 0 aliphatic heterocycles. The SMILES string of the molecule is Cc1nc(NCC#N)cc(N(C)C(C)C)n1. The molecule has 1 aromatic rings. The van der Waals surface area contributed by atoms with Crippen molar-refractivity contribution in [3.8, 4) is 6.07 Å². The summed E-state index contributed by atoms with van der Waals surface area (Å²) in [6, 6.07) is 4.25. The third-order valence-corrected chi connectivity index (χ3v) is 2.31. The normalized spacial score (nSPS) is 10.0. The summed E-state index contributed by atoms with van der Waals surface area (Å²) in [5.41, 5.74) is 0. The van der Waals surface area contributed by atoms with Gasteiger partial charge in [0.15, 0.2) is 0 Å². The minimum absolute atomic E-state index is 0.251. The first-order valence-electron chi connectivity index (χ1n) is 5.24. The van der Waals surface area contributed by atoms with Gasteiger partial charge in [-0.2, -0.15) is 5.26 Å². The van der Waals surface area contributed by atoms with Crippen molar-refractivity contribution in [1.29, 1.82) is 5.26 Å². The van der Waals surface area contributed by atoms with E-state index in [-0.39, 0.29) is 6.54 Å². The van der Waals surface area contributed by atoms with E-state index >= 15 is 0 Å². The van der Waals surface area contributed by atoms with Crippen LogP contribution in [0.25, 0.3) is 0 Å². The van der Waals surface area contributed by atoms with Crippen molar-refractivity contribution in [2.45, 2.75) is 26.8 Å². The van der Waals surface area contributed by atoms with Crippen LogP contribution in [0.2, 0.25) is 0 Å². The Bertz CT molecular complexity index is 394. The third kappa shape index (κ3) is 3.09. The van der Waals surface area contributed by atoms with E-state index in [1.807, 2.05) is 26.1 Å². The van der Waals surface area contributed by atoms with Gasteiger partial charge in [0, 0.05) is 19.2 Å². The van der Waals surface area contributed by atoms with E-state index in [1.54, 1.807) is 0 Å². The van der Waals surface area contributed by atoms with Gasteiger partial charge in [0.2, 0.25) is 0 Å². The summed E-state index contributed by atoms with van der Waals surface area (Å²) in [6.07, 6.45) is 0. The largest absolute Gasteiger partial charge is 0.357 e. The molecule has 0 aromatic carbocycles. The summed E-state index contributed by atoms with van der Waals surface area (Å²) in [5.74, 6) is 2.25. The quantitative estimate of drug-likeness (QED) is 0.778. The Morgan fingerprint density at radius 2 is 2.19 bits per heavy atom. The molecule has 0 amide bonds. The van der Waals surface area contributed by atoms with Gasteiger partial charge in [-0.05, 0) is 20.8 Å². The number of rotatable bonds is 4. The first-order valence-corrected chi connectivity index (χ1v) is 5.24. The summed E-state index contributed by atoms with van der Waals surface area (Å²) in [4.78, 5) is 10.6. The van der Waals surface area contributed by atoms with Crippen LogP contribution in [0.4, 0.5) is 11.6 Å². The molecule has 0 aliphatic carbocycles. The number of aryl methyl sites for hydroxylation is 1. The standard InChI is InChI=1S/C11H17N5/c1-8(2)16(4)11-7-10(13-6-5-12)14-9(3)15-11/h7-8H,6H2,1-4H3,(H,13,14,15). The van der Waals surface area contributed by atoms with E-state index in [9.17, 15) is 0 Å². The van der Waals surface area contributed by atoms with Gasteiger partial charge in [0.05, 0.1) is 6.07 Å². The van der Waals surface area contributed by atoms with Crippen LogP contribution < -0.4 is 10.2 Å². The second kappa shape index (κ2) is 5.31. The zero-order chi connectivity index (χ0) is 12.1. The molecule has 0 radical (unpaired) electrons. The van der Waals surface area contributed by atoms with E-state index < -0.39 is 0 Å². The van der Waals surface area contributed by atoms with Crippen molar-refractivity contribution in [2.24, 2.45) is 0 Å². The van der Waals surface area contributed by atoms with Crippen LogP contribution in [0.15, 0.2) is 6.07 Å². The molecule has 1 rings (SSSR count). The van der Waals surface area contributed by atoms with Crippen LogP contribution in [-0.2, 0) is 0 Å². The monoisotopic (exact) mass is 219 g/mol. The third-order valence-electron chi connectivity index (χ3n) is 2.31. The van der Waals surface area contributed by atoms with Crippen molar-refractivity contribution in [3.05, 3.63) is 11.9 Å². The number of hydrogen-bond acceptors (Lipinski definition) is 5. The maximum Gasteiger partial charge on any atom is 0.134 e. The predicted octanol–water partition coefficient (Wildman–Crippen LogP) is 1.57. The summed E-state index contributed by atoms with van der Waals surface area (Å²) in [7, 11) is 1.99. The fourth-order valence-electron chi connectivity index (χ4n) is 1.22. The zero-order valence-corrected chi connectivity index (χ0v) is 10.2. The van der Waals surface area contributed by atoms with Crippen LogP contribution in [0.1, 0.15) is 19.7 Å². The molecule has 0 bridgehead atoms. The number of hydrogen-bond donors (Lipinski definition) is 1. The molecule has 16 heavy (non-hydrogen) atoms. The average Bonchev–Trinajstić information content (AvgIpc) is 2.24. The molecule has 5 heteroatoms. The molecule has 0 saturated heterocycles. The second-order valence-corrected chi connectivity index (χ2v) is 3.87. The van der Waals surface area contributed by atoms with Gasteiger partial charge < -0.3 is 10.2 Å². The summed E-state index contributed by atoms with van der Waals surface area (Å²) < 4.78 is 0. The first kappa shape index (κ1) is 12.2. The van der Waals surface area contributed by atoms with Crippen molar-refractivity contribution < 1.29 is 0 Å². The molecule has 1 N–H and O–H groups in total.